The van der Waals surface area contributed by atoms with Gasteiger partial charge in [-0.15, -0.1) is 0 Å². The maximum atomic E-state index is 12.5. The standard InChI is InChI=1S/C21H26N4O3/c1-28-16-9-7-15(8-10-16)17-12-25-13-18(23-19(25)21(27)24-17)20(26)22-11-14-5-3-2-4-6-14/h7-10,13-14,17H,2-6,11-12H2,1H3,(H,22,26)(H,24,27). The van der Waals surface area contributed by atoms with Gasteiger partial charge in [-0.25, -0.2) is 4.98 Å². The molecule has 1 unspecified atom stereocenters. The van der Waals surface area contributed by atoms with Crippen LogP contribution in [0.3, 0.4) is 0 Å². The van der Waals surface area contributed by atoms with E-state index in [2.05, 4.69) is 15.6 Å². The van der Waals surface area contributed by atoms with E-state index >= 15 is 0 Å². The number of ether oxygens (including phenoxy) is 1. The molecule has 1 atom stereocenters. The first-order valence-corrected chi connectivity index (χ1v) is 9.94. The van der Waals surface area contributed by atoms with Crippen molar-refractivity contribution in [2.45, 2.75) is 44.7 Å². The van der Waals surface area contributed by atoms with Crippen LogP contribution in [0.25, 0.3) is 0 Å². The number of benzene rings is 1. The molecule has 1 aliphatic heterocycles. The molecule has 2 N–H and O–H groups in total. The number of carbonyl (C=O) groups is 2. The van der Waals surface area contributed by atoms with Gasteiger partial charge in [-0.05, 0) is 36.5 Å². The number of hydrogen-bond acceptors (Lipinski definition) is 4. The van der Waals surface area contributed by atoms with Gasteiger partial charge in [0.25, 0.3) is 11.8 Å². The second-order valence-electron chi connectivity index (χ2n) is 7.62. The molecule has 0 spiro atoms. The zero-order valence-corrected chi connectivity index (χ0v) is 16.1. The van der Waals surface area contributed by atoms with Crippen molar-refractivity contribution < 1.29 is 14.3 Å². The molecule has 0 bridgehead atoms. The predicted molar refractivity (Wildman–Crippen MR) is 104 cm³/mol. The maximum absolute atomic E-state index is 12.5. The van der Waals surface area contributed by atoms with Crippen LogP contribution in [0.1, 0.15) is 64.8 Å². The van der Waals surface area contributed by atoms with E-state index in [1.54, 1.807) is 17.9 Å². The first-order chi connectivity index (χ1) is 13.6. The van der Waals surface area contributed by atoms with E-state index in [1.165, 1.54) is 32.1 Å². The third kappa shape index (κ3) is 3.88. The van der Waals surface area contributed by atoms with Crippen LogP contribution in [0, 0.1) is 5.92 Å². The molecule has 1 fully saturated rings. The van der Waals surface area contributed by atoms with Crippen LogP contribution in [-0.4, -0.2) is 35.0 Å². The van der Waals surface area contributed by atoms with Gasteiger partial charge in [0, 0.05) is 19.3 Å². The highest BCUT2D eigenvalue weighted by Gasteiger charge is 2.29. The van der Waals surface area contributed by atoms with Crippen molar-refractivity contribution in [1.29, 1.82) is 0 Å². The highest BCUT2D eigenvalue weighted by molar-refractivity contribution is 5.96. The summed E-state index contributed by atoms with van der Waals surface area (Å²) < 4.78 is 6.95. The fourth-order valence-electron chi connectivity index (χ4n) is 4.05. The molecule has 2 aromatic rings. The lowest BCUT2D eigenvalue weighted by atomic mass is 9.89. The smallest absolute Gasteiger partial charge is 0.287 e. The van der Waals surface area contributed by atoms with E-state index in [9.17, 15) is 9.59 Å². The molecular formula is C21H26N4O3. The molecule has 2 heterocycles. The third-order valence-corrected chi connectivity index (χ3v) is 5.69. The number of nitrogens with one attached hydrogen (secondary N) is 2. The summed E-state index contributed by atoms with van der Waals surface area (Å²) in [4.78, 5) is 29.3. The Bertz CT molecular complexity index is 853. The minimum atomic E-state index is -0.265. The lowest BCUT2D eigenvalue weighted by Crippen LogP contribution is -2.38. The third-order valence-electron chi connectivity index (χ3n) is 5.69. The molecule has 1 aromatic heterocycles. The molecule has 148 valence electrons. The predicted octanol–water partition coefficient (Wildman–Crippen LogP) is 2.69. The molecule has 7 heteroatoms. The Balaban J connectivity index is 1.43. The van der Waals surface area contributed by atoms with Gasteiger partial charge >= 0.3 is 0 Å². The topological polar surface area (TPSA) is 85.2 Å². The van der Waals surface area contributed by atoms with Gasteiger partial charge in [0.2, 0.25) is 0 Å². The Morgan fingerprint density at radius 3 is 2.71 bits per heavy atom. The van der Waals surface area contributed by atoms with Crippen LogP contribution in [0.2, 0.25) is 0 Å². The van der Waals surface area contributed by atoms with Crippen LogP contribution in [0.4, 0.5) is 0 Å². The Kier molecular flexibility index (Phi) is 5.32. The zero-order chi connectivity index (χ0) is 19.5. The van der Waals surface area contributed by atoms with Crippen molar-refractivity contribution in [1.82, 2.24) is 20.2 Å². The summed E-state index contributed by atoms with van der Waals surface area (Å²) in [5.41, 5.74) is 1.29. The molecule has 2 aliphatic rings. The molecule has 0 saturated heterocycles. The van der Waals surface area contributed by atoms with Crippen molar-refractivity contribution in [2.24, 2.45) is 5.92 Å². The fourth-order valence-corrected chi connectivity index (χ4v) is 4.05. The molecule has 1 saturated carbocycles. The van der Waals surface area contributed by atoms with Crippen molar-refractivity contribution in [2.75, 3.05) is 13.7 Å². The van der Waals surface area contributed by atoms with E-state index in [0.717, 1.165) is 11.3 Å². The Hall–Kier alpha value is -2.83. The van der Waals surface area contributed by atoms with E-state index in [1.807, 2.05) is 24.3 Å². The number of aromatic nitrogens is 2. The van der Waals surface area contributed by atoms with Crippen molar-refractivity contribution in [3.05, 3.63) is 47.5 Å². The Morgan fingerprint density at radius 1 is 1.25 bits per heavy atom. The van der Waals surface area contributed by atoms with Crippen LogP contribution >= 0.6 is 0 Å². The van der Waals surface area contributed by atoms with Gasteiger partial charge in [0.1, 0.15) is 11.4 Å². The zero-order valence-electron chi connectivity index (χ0n) is 16.1. The number of carbonyl (C=O) groups excluding carboxylic acids is 2. The van der Waals surface area contributed by atoms with Gasteiger partial charge in [0.15, 0.2) is 5.82 Å². The first kappa shape index (κ1) is 18.5. The SMILES string of the molecule is COc1ccc(C2Cn3cc(C(=O)NCC4CCCCC4)nc3C(=O)N2)cc1. The summed E-state index contributed by atoms with van der Waals surface area (Å²) in [6, 6.07) is 7.44. The second kappa shape index (κ2) is 8.04. The monoisotopic (exact) mass is 382 g/mol. The molecule has 0 radical (unpaired) electrons. The van der Waals surface area contributed by atoms with Crippen LogP contribution in [-0.2, 0) is 6.54 Å². The molecule has 4 rings (SSSR count). The molecule has 2 amide bonds. The number of hydrogen-bond donors (Lipinski definition) is 2. The van der Waals surface area contributed by atoms with E-state index in [-0.39, 0.29) is 23.7 Å². The van der Waals surface area contributed by atoms with Crippen molar-refractivity contribution in [3.8, 4) is 5.75 Å². The summed E-state index contributed by atoms with van der Waals surface area (Å²) in [5, 5.41) is 5.96. The molecular weight excluding hydrogens is 356 g/mol. The van der Waals surface area contributed by atoms with Gasteiger partial charge in [-0.2, -0.15) is 0 Å². The molecule has 1 aliphatic carbocycles. The summed E-state index contributed by atoms with van der Waals surface area (Å²) in [7, 11) is 1.62. The van der Waals surface area contributed by atoms with Gasteiger partial charge in [0.05, 0.1) is 13.2 Å². The highest BCUT2D eigenvalue weighted by Crippen LogP contribution is 2.24. The first-order valence-electron chi connectivity index (χ1n) is 9.94. The van der Waals surface area contributed by atoms with E-state index in [0.29, 0.717) is 24.7 Å². The number of nitrogens with zero attached hydrogens (tertiary/aromatic N) is 2. The van der Waals surface area contributed by atoms with E-state index in [4.69, 9.17) is 4.74 Å². The van der Waals surface area contributed by atoms with Gasteiger partial charge in [-0.3, -0.25) is 9.59 Å². The Morgan fingerprint density at radius 2 is 2.00 bits per heavy atom. The van der Waals surface area contributed by atoms with Gasteiger partial charge in [-0.1, -0.05) is 31.4 Å². The maximum Gasteiger partial charge on any atom is 0.287 e. The second-order valence-corrected chi connectivity index (χ2v) is 7.62. The Labute approximate surface area is 164 Å². The minimum absolute atomic E-state index is 0.168. The fraction of sp³-hybridized carbons (Fsp3) is 0.476. The summed E-state index contributed by atoms with van der Waals surface area (Å²) >= 11 is 0. The van der Waals surface area contributed by atoms with Crippen LogP contribution in [0.15, 0.2) is 30.5 Å². The summed E-state index contributed by atoms with van der Waals surface area (Å²) in [6.07, 6.45) is 7.81. The average molecular weight is 382 g/mol. The van der Waals surface area contributed by atoms with Crippen molar-refractivity contribution in [3.63, 3.8) is 0 Å². The molecule has 28 heavy (non-hydrogen) atoms. The largest absolute Gasteiger partial charge is 0.497 e. The molecule has 7 nitrogen and oxygen atoms in total. The van der Waals surface area contributed by atoms with Gasteiger partial charge < -0.3 is 19.9 Å². The van der Waals surface area contributed by atoms with Crippen LogP contribution < -0.4 is 15.4 Å². The number of imidazole rings is 1. The number of methoxy groups -OCH3 is 1. The minimum Gasteiger partial charge on any atom is -0.497 e. The number of fused-ring (bicyclic) bond motifs is 1. The molecule has 1 aromatic carbocycles. The lowest BCUT2D eigenvalue weighted by Gasteiger charge is -2.25. The van der Waals surface area contributed by atoms with Crippen molar-refractivity contribution >= 4 is 11.8 Å². The van der Waals surface area contributed by atoms with E-state index < -0.39 is 0 Å². The average Bonchev–Trinajstić information content (AvgIpc) is 3.18. The lowest BCUT2D eigenvalue weighted by molar-refractivity contribution is 0.0894. The van der Waals surface area contributed by atoms with Crippen LogP contribution in [0.5, 0.6) is 5.75 Å². The number of amides is 2. The highest BCUT2D eigenvalue weighted by atomic mass is 16.5. The normalized spacial score (nSPS) is 19.6. The quantitative estimate of drug-likeness (QED) is 0.833. The number of rotatable bonds is 5. The summed E-state index contributed by atoms with van der Waals surface area (Å²) in [5.74, 6) is 1.14. The summed E-state index contributed by atoms with van der Waals surface area (Å²) in [6.45, 7) is 1.22.